The van der Waals surface area contributed by atoms with E-state index in [0.717, 1.165) is 76.5 Å². The first-order valence-electron chi connectivity index (χ1n) is 13.5. The average Bonchev–Trinajstić information content (AvgIpc) is 3.26. The van der Waals surface area contributed by atoms with Gasteiger partial charge in [-0.05, 0) is 74.8 Å². The van der Waals surface area contributed by atoms with Gasteiger partial charge in [-0.2, -0.15) is 5.10 Å². The van der Waals surface area contributed by atoms with E-state index in [1.54, 1.807) is 4.68 Å². The quantitative estimate of drug-likeness (QED) is 0.319. The molecule has 0 bridgehead atoms. The third-order valence-corrected chi connectivity index (χ3v) is 7.55. The zero-order chi connectivity index (χ0) is 26.8. The van der Waals surface area contributed by atoms with Gasteiger partial charge in [-0.15, -0.1) is 0 Å². The maximum absolute atomic E-state index is 12.8. The van der Waals surface area contributed by atoms with Crippen LogP contribution in [0, 0.1) is 13.8 Å². The van der Waals surface area contributed by atoms with Gasteiger partial charge in [0.1, 0.15) is 0 Å². The summed E-state index contributed by atoms with van der Waals surface area (Å²) in [5.74, 6) is 1.14. The number of aromatic nitrogens is 4. The SMILES string of the molecule is CCc1cc(-c2cc(NC(=O)Cc3cc(C)ccc3C)nn2C)cc2cnc(NC3CCC(N)CC3)nc12. The van der Waals surface area contributed by atoms with Crippen molar-refractivity contribution >= 4 is 28.6 Å². The fraction of sp³-hybridized carbons (Fsp3) is 0.400. The molecule has 0 saturated heterocycles. The molecular formula is C30H37N7O. The number of nitrogens with zero attached hydrogens (tertiary/aromatic N) is 4. The van der Waals surface area contributed by atoms with Crippen molar-refractivity contribution in [3.05, 3.63) is 64.8 Å². The number of fused-ring (bicyclic) bond motifs is 1. The number of benzene rings is 2. The van der Waals surface area contributed by atoms with E-state index in [1.165, 1.54) is 0 Å². The molecule has 0 radical (unpaired) electrons. The molecule has 1 aliphatic carbocycles. The molecule has 5 rings (SSSR count). The molecule has 1 amide bonds. The molecule has 8 heteroatoms. The Balaban J connectivity index is 1.35. The summed E-state index contributed by atoms with van der Waals surface area (Å²) in [5.41, 5.74) is 13.4. The van der Waals surface area contributed by atoms with E-state index in [1.807, 2.05) is 33.2 Å². The van der Waals surface area contributed by atoms with Crippen molar-refractivity contribution in [3.63, 3.8) is 0 Å². The van der Waals surface area contributed by atoms with Crippen LogP contribution in [-0.2, 0) is 24.7 Å². The van der Waals surface area contributed by atoms with Gasteiger partial charge in [0.15, 0.2) is 5.82 Å². The highest BCUT2D eigenvalue weighted by atomic mass is 16.1. The van der Waals surface area contributed by atoms with Gasteiger partial charge in [0, 0.05) is 42.3 Å². The molecule has 8 nitrogen and oxygen atoms in total. The number of nitrogens with one attached hydrogen (secondary N) is 2. The van der Waals surface area contributed by atoms with Crippen LogP contribution in [0.1, 0.15) is 54.9 Å². The van der Waals surface area contributed by atoms with Gasteiger partial charge in [-0.3, -0.25) is 9.48 Å². The molecule has 0 atom stereocenters. The standard InChI is InChI=1S/C30H37N7O/c1-5-20-13-22(14-23-17-32-30(35-29(20)23)33-25-10-8-24(31)9-11-25)26-16-27(36-37(26)4)34-28(38)15-21-12-18(2)6-7-19(21)3/h6-7,12-14,16-17,24-25H,5,8-11,15,31H2,1-4H3,(H,32,33,35)(H,34,36,38). The number of nitrogens with two attached hydrogens (primary N) is 1. The lowest BCUT2D eigenvalue weighted by molar-refractivity contribution is -0.115. The summed E-state index contributed by atoms with van der Waals surface area (Å²) in [4.78, 5) is 22.3. The second-order valence-corrected chi connectivity index (χ2v) is 10.6. The molecule has 2 aromatic heterocycles. The van der Waals surface area contributed by atoms with Crippen molar-refractivity contribution in [1.82, 2.24) is 19.7 Å². The summed E-state index contributed by atoms with van der Waals surface area (Å²) in [6.45, 7) is 6.20. The van der Waals surface area contributed by atoms with E-state index in [0.29, 0.717) is 30.3 Å². The highest BCUT2D eigenvalue weighted by molar-refractivity contribution is 5.93. The Morgan fingerprint density at radius 3 is 2.63 bits per heavy atom. The van der Waals surface area contributed by atoms with Crippen LogP contribution < -0.4 is 16.4 Å². The second kappa shape index (κ2) is 10.9. The van der Waals surface area contributed by atoms with Crippen LogP contribution >= 0.6 is 0 Å². The molecule has 1 fully saturated rings. The lowest BCUT2D eigenvalue weighted by Gasteiger charge is -2.26. The molecule has 4 aromatic rings. The van der Waals surface area contributed by atoms with Crippen LogP contribution in [0.4, 0.5) is 11.8 Å². The Labute approximate surface area is 224 Å². The minimum Gasteiger partial charge on any atom is -0.351 e. The molecule has 1 saturated carbocycles. The Morgan fingerprint density at radius 2 is 1.87 bits per heavy atom. The van der Waals surface area contributed by atoms with Gasteiger partial charge in [0.2, 0.25) is 11.9 Å². The number of hydrogen-bond acceptors (Lipinski definition) is 6. The van der Waals surface area contributed by atoms with E-state index in [-0.39, 0.29) is 5.91 Å². The number of rotatable bonds is 7. The van der Waals surface area contributed by atoms with Gasteiger partial charge >= 0.3 is 0 Å². The van der Waals surface area contributed by atoms with Gasteiger partial charge in [0.05, 0.1) is 17.6 Å². The molecule has 38 heavy (non-hydrogen) atoms. The maximum atomic E-state index is 12.8. The predicted octanol–water partition coefficient (Wildman–Crippen LogP) is 5.07. The fourth-order valence-electron chi connectivity index (χ4n) is 5.30. The number of aryl methyl sites for hydroxylation is 4. The molecule has 198 valence electrons. The highest BCUT2D eigenvalue weighted by Crippen LogP contribution is 2.29. The minimum atomic E-state index is -0.0792. The molecule has 2 heterocycles. The monoisotopic (exact) mass is 511 g/mol. The van der Waals surface area contributed by atoms with Crippen LogP contribution in [0.25, 0.3) is 22.2 Å². The number of amides is 1. The summed E-state index contributed by atoms with van der Waals surface area (Å²) in [7, 11) is 1.89. The van der Waals surface area contributed by atoms with Crippen molar-refractivity contribution in [2.24, 2.45) is 12.8 Å². The van der Waals surface area contributed by atoms with Crippen molar-refractivity contribution in [3.8, 4) is 11.3 Å². The van der Waals surface area contributed by atoms with E-state index in [4.69, 9.17) is 10.7 Å². The third-order valence-electron chi connectivity index (χ3n) is 7.55. The van der Waals surface area contributed by atoms with Crippen molar-refractivity contribution < 1.29 is 4.79 Å². The Morgan fingerprint density at radius 1 is 1.08 bits per heavy atom. The van der Waals surface area contributed by atoms with Crippen molar-refractivity contribution in [2.45, 2.75) is 71.4 Å². The fourth-order valence-corrected chi connectivity index (χ4v) is 5.30. The van der Waals surface area contributed by atoms with E-state index in [2.05, 4.69) is 58.0 Å². The first-order chi connectivity index (χ1) is 18.3. The second-order valence-electron chi connectivity index (χ2n) is 10.6. The first kappa shape index (κ1) is 25.9. The summed E-state index contributed by atoms with van der Waals surface area (Å²) >= 11 is 0. The first-order valence-corrected chi connectivity index (χ1v) is 13.5. The Hall–Kier alpha value is -3.78. The summed E-state index contributed by atoms with van der Waals surface area (Å²) in [5, 5.41) is 12.0. The van der Waals surface area contributed by atoms with Crippen molar-refractivity contribution in [2.75, 3.05) is 10.6 Å². The molecule has 0 aliphatic heterocycles. The van der Waals surface area contributed by atoms with Gasteiger partial charge in [-0.1, -0.05) is 30.7 Å². The van der Waals surface area contributed by atoms with Gasteiger partial charge in [0.25, 0.3) is 0 Å². The third kappa shape index (κ3) is 5.70. The summed E-state index contributed by atoms with van der Waals surface area (Å²) in [6.07, 6.45) is 7.22. The van der Waals surface area contributed by atoms with E-state index < -0.39 is 0 Å². The Bertz CT molecular complexity index is 1470. The predicted molar refractivity (Wildman–Crippen MR) is 153 cm³/mol. The normalized spacial score (nSPS) is 17.5. The Kier molecular flexibility index (Phi) is 7.42. The lowest BCUT2D eigenvalue weighted by atomic mass is 9.92. The van der Waals surface area contributed by atoms with Crippen molar-refractivity contribution in [1.29, 1.82) is 0 Å². The summed E-state index contributed by atoms with van der Waals surface area (Å²) in [6, 6.07) is 13.0. The zero-order valence-corrected chi connectivity index (χ0v) is 22.7. The van der Waals surface area contributed by atoms with Gasteiger partial charge < -0.3 is 16.4 Å². The van der Waals surface area contributed by atoms with Crippen LogP contribution in [0.15, 0.2) is 42.6 Å². The van der Waals surface area contributed by atoms with E-state index in [9.17, 15) is 4.79 Å². The number of carbonyl (C=O) groups is 1. The maximum Gasteiger partial charge on any atom is 0.230 e. The highest BCUT2D eigenvalue weighted by Gasteiger charge is 2.20. The number of carbonyl (C=O) groups excluding carboxylic acids is 1. The molecule has 0 unspecified atom stereocenters. The summed E-state index contributed by atoms with van der Waals surface area (Å²) < 4.78 is 1.80. The molecule has 4 N–H and O–H groups in total. The topological polar surface area (TPSA) is 111 Å². The minimum absolute atomic E-state index is 0.0792. The van der Waals surface area contributed by atoms with Crippen LogP contribution in [0.2, 0.25) is 0 Å². The zero-order valence-electron chi connectivity index (χ0n) is 22.7. The molecule has 2 aromatic carbocycles. The van der Waals surface area contributed by atoms with Gasteiger partial charge in [-0.25, -0.2) is 9.97 Å². The average molecular weight is 512 g/mol. The van der Waals surface area contributed by atoms with E-state index >= 15 is 0 Å². The van der Waals surface area contributed by atoms with Crippen LogP contribution in [-0.4, -0.2) is 37.7 Å². The number of anilines is 2. The lowest BCUT2D eigenvalue weighted by Crippen LogP contribution is -2.33. The molecule has 0 spiro atoms. The largest absolute Gasteiger partial charge is 0.351 e. The number of hydrogen-bond donors (Lipinski definition) is 3. The van der Waals surface area contributed by atoms with Crippen LogP contribution in [0.3, 0.4) is 0 Å². The molecular weight excluding hydrogens is 474 g/mol. The molecule has 1 aliphatic rings. The smallest absolute Gasteiger partial charge is 0.230 e. The van der Waals surface area contributed by atoms with Crippen LogP contribution in [0.5, 0.6) is 0 Å².